The van der Waals surface area contributed by atoms with Gasteiger partial charge in [-0.1, -0.05) is 34.1 Å². The maximum atomic E-state index is 9.46. The van der Waals surface area contributed by atoms with E-state index in [2.05, 4.69) is 22.0 Å². The molecule has 0 aliphatic heterocycles. The predicted molar refractivity (Wildman–Crippen MR) is 52.1 cm³/mol. The van der Waals surface area contributed by atoms with Gasteiger partial charge in [0.2, 0.25) is 0 Å². The van der Waals surface area contributed by atoms with Crippen molar-refractivity contribution in [3.05, 3.63) is 34.3 Å². The first-order valence-corrected chi connectivity index (χ1v) is 5.01. The topological polar surface area (TPSA) is 20.2 Å². The van der Waals surface area contributed by atoms with Gasteiger partial charge in [-0.3, -0.25) is 0 Å². The number of rotatable bonds is 1. The normalized spacial score (nSPS) is 28.2. The van der Waals surface area contributed by atoms with Gasteiger partial charge in [0.05, 0.1) is 6.10 Å². The fourth-order valence-electron chi connectivity index (χ4n) is 1.62. The van der Waals surface area contributed by atoms with E-state index in [1.807, 2.05) is 18.2 Å². The molecule has 1 aromatic carbocycles. The summed E-state index contributed by atoms with van der Waals surface area (Å²) in [5.74, 6) is 0.362. The molecule has 1 aliphatic carbocycles. The Morgan fingerprint density at radius 3 is 2.50 bits per heavy atom. The van der Waals surface area contributed by atoms with Gasteiger partial charge in [-0.15, -0.1) is 0 Å². The van der Waals surface area contributed by atoms with Gasteiger partial charge < -0.3 is 5.11 Å². The first-order chi connectivity index (χ1) is 5.79. The molecule has 2 heteroatoms. The Morgan fingerprint density at radius 2 is 2.00 bits per heavy atom. The zero-order valence-corrected chi connectivity index (χ0v) is 8.29. The van der Waals surface area contributed by atoms with Gasteiger partial charge in [-0.2, -0.15) is 0 Å². The minimum absolute atomic E-state index is 0.122. The first-order valence-electron chi connectivity index (χ1n) is 4.21. The summed E-state index contributed by atoms with van der Waals surface area (Å²) in [4.78, 5) is 0. The molecule has 1 aromatic rings. The first kappa shape index (κ1) is 8.27. The number of aliphatic hydroxyl groups is 1. The molecule has 1 N–H and O–H groups in total. The lowest BCUT2D eigenvalue weighted by atomic mass is 9.77. The van der Waals surface area contributed by atoms with Crippen LogP contribution < -0.4 is 0 Å². The van der Waals surface area contributed by atoms with Crippen molar-refractivity contribution in [3.63, 3.8) is 0 Å². The van der Waals surface area contributed by atoms with E-state index in [4.69, 9.17) is 0 Å². The van der Waals surface area contributed by atoms with E-state index < -0.39 is 0 Å². The van der Waals surface area contributed by atoms with Crippen LogP contribution in [0.15, 0.2) is 28.7 Å². The molecule has 1 saturated carbocycles. The van der Waals surface area contributed by atoms with Crippen LogP contribution in [0.4, 0.5) is 0 Å². The third-order valence-electron chi connectivity index (χ3n) is 2.54. The zero-order chi connectivity index (χ0) is 8.55. The highest BCUT2D eigenvalue weighted by Gasteiger charge is 2.31. The van der Waals surface area contributed by atoms with E-state index in [1.54, 1.807) is 0 Å². The predicted octanol–water partition coefficient (Wildman–Crippen LogP) is 2.69. The molecule has 0 heterocycles. The fraction of sp³-hybridized carbons (Fsp3) is 0.400. The van der Waals surface area contributed by atoms with E-state index in [9.17, 15) is 5.11 Å². The molecule has 0 saturated heterocycles. The van der Waals surface area contributed by atoms with Gasteiger partial charge in [-0.05, 0) is 24.5 Å². The van der Waals surface area contributed by atoms with Gasteiger partial charge in [-0.25, -0.2) is 0 Å². The zero-order valence-electron chi connectivity index (χ0n) is 6.70. The maximum Gasteiger partial charge on any atom is 0.0609 e. The second kappa shape index (κ2) is 3.19. The second-order valence-corrected chi connectivity index (χ2v) is 4.13. The Morgan fingerprint density at radius 1 is 1.25 bits per heavy atom. The molecule has 1 fully saturated rings. The van der Waals surface area contributed by atoms with Crippen LogP contribution in [0.2, 0.25) is 0 Å². The molecular weight excluding hydrogens is 216 g/mol. The summed E-state index contributed by atoms with van der Waals surface area (Å²) in [5, 5.41) is 9.46. The van der Waals surface area contributed by atoms with Crippen molar-refractivity contribution in [1.82, 2.24) is 0 Å². The molecule has 64 valence electrons. The lowest BCUT2D eigenvalue weighted by molar-refractivity contribution is 0.0658. The standard InChI is InChI=1S/C10H11BrO/c11-9-4-2-1-3-7(9)8-5-6-10(8)12/h1-4,8,10,12H,5-6H2. The summed E-state index contributed by atoms with van der Waals surface area (Å²) >= 11 is 3.49. The average molecular weight is 227 g/mol. The van der Waals surface area contributed by atoms with E-state index in [0.29, 0.717) is 5.92 Å². The molecular formula is C10H11BrO. The Kier molecular flexibility index (Phi) is 2.20. The highest BCUT2D eigenvalue weighted by Crippen LogP contribution is 2.39. The van der Waals surface area contributed by atoms with Crippen LogP contribution in [-0.2, 0) is 0 Å². The van der Waals surface area contributed by atoms with Gasteiger partial charge in [0.15, 0.2) is 0 Å². The summed E-state index contributed by atoms with van der Waals surface area (Å²) in [6.45, 7) is 0. The van der Waals surface area contributed by atoms with Crippen molar-refractivity contribution >= 4 is 15.9 Å². The van der Waals surface area contributed by atoms with Gasteiger partial charge >= 0.3 is 0 Å². The molecule has 0 spiro atoms. The summed E-state index contributed by atoms with van der Waals surface area (Å²) in [6.07, 6.45) is 1.94. The van der Waals surface area contributed by atoms with E-state index in [-0.39, 0.29) is 6.10 Å². The van der Waals surface area contributed by atoms with Crippen LogP contribution in [-0.4, -0.2) is 11.2 Å². The molecule has 0 bridgehead atoms. The van der Waals surface area contributed by atoms with Crippen molar-refractivity contribution in [2.45, 2.75) is 24.9 Å². The van der Waals surface area contributed by atoms with Crippen molar-refractivity contribution in [1.29, 1.82) is 0 Å². The lowest BCUT2D eigenvalue weighted by Gasteiger charge is -2.33. The maximum absolute atomic E-state index is 9.46. The molecule has 2 atom stereocenters. The minimum atomic E-state index is -0.122. The van der Waals surface area contributed by atoms with Gasteiger partial charge in [0.1, 0.15) is 0 Å². The van der Waals surface area contributed by atoms with Crippen LogP contribution in [0, 0.1) is 0 Å². The van der Waals surface area contributed by atoms with E-state index >= 15 is 0 Å². The molecule has 1 aliphatic rings. The largest absolute Gasteiger partial charge is 0.392 e. The summed E-state index contributed by atoms with van der Waals surface area (Å²) in [7, 11) is 0. The van der Waals surface area contributed by atoms with Crippen molar-refractivity contribution in [2.75, 3.05) is 0 Å². The van der Waals surface area contributed by atoms with Crippen LogP contribution in [0.5, 0.6) is 0 Å². The molecule has 1 nitrogen and oxygen atoms in total. The summed E-state index contributed by atoms with van der Waals surface area (Å²) < 4.78 is 1.12. The third kappa shape index (κ3) is 1.29. The van der Waals surface area contributed by atoms with E-state index in [1.165, 1.54) is 5.56 Å². The third-order valence-corrected chi connectivity index (χ3v) is 3.26. The highest BCUT2D eigenvalue weighted by molar-refractivity contribution is 9.10. The Bertz CT molecular complexity index is 285. The summed E-state index contributed by atoms with van der Waals surface area (Å²) in [5.41, 5.74) is 1.25. The Labute approximate surface area is 80.5 Å². The fourth-order valence-corrected chi connectivity index (χ4v) is 2.20. The molecule has 2 rings (SSSR count). The van der Waals surface area contributed by atoms with Crippen molar-refractivity contribution < 1.29 is 5.11 Å². The number of aliphatic hydroxyl groups excluding tert-OH is 1. The van der Waals surface area contributed by atoms with Crippen molar-refractivity contribution in [3.8, 4) is 0 Å². The number of hydrogen-bond acceptors (Lipinski definition) is 1. The summed E-state index contributed by atoms with van der Waals surface area (Å²) in [6, 6.07) is 8.13. The molecule has 0 radical (unpaired) electrons. The van der Waals surface area contributed by atoms with Crippen LogP contribution >= 0.6 is 15.9 Å². The van der Waals surface area contributed by atoms with E-state index in [0.717, 1.165) is 17.3 Å². The van der Waals surface area contributed by atoms with Gasteiger partial charge in [0.25, 0.3) is 0 Å². The Balaban J connectivity index is 2.27. The molecule has 0 amide bonds. The van der Waals surface area contributed by atoms with Gasteiger partial charge in [0, 0.05) is 10.4 Å². The van der Waals surface area contributed by atoms with Crippen molar-refractivity contribution in [2.24, 2.45) is 0 Å². The number of halogens is 1. The monoisotopic (exact) mass is 226 g/mol. The average Bonchev–Trinajstić information content (AvgIpc) is 2.06. The molecule has 12 heavy (non-hydrogen) atoms. The smallest absolute Gasteiger partial charge is 0.0609 e. The Hall–Kier alpha value is -0.340. The molecule has 2 unspecified atom stereocenters. The quantitative estimate of drug-likeness (QED) is 0.781. The highest BCUT2D eigenvalue weighted by atomic mass is 79.9. The number of benzene rings is 1. The molecule has 0 aromatic heterocycles. The second-order valence-electron chi connectivity index (χ2n) is 3.27. The van der Waals surface area contributed by atoms with Crippen LogP contribution in [0.1, 0.15) is 24.3 Å². The minimum Gasteiger partial charge on any atom is -0.392 e. The SMILES string of the molecule is OC1CCC1c1ccccc1Br. The lowest BCUT2D eigenvalue weighted by Crippen LogP contribution is -2.29. The number of hydrogen-bond donors (Lipinski definition) is 1. The van der Waals surface area contributed by atoms with Crippen LogP contribution in [0.3, 0.4) is 0 Å². The van der Waals surface area contributed by atoms with Crippen LogP contribution in [0.25, 0.3) is 0 Å².